The molecule has 90 valence electrons. The molecule has 0 aliphatic heterocycles. The molecule has 0 radical (unpaired) electrons. The third-order valence-corrected chi connectivity index (χ3v) is 2.39. The van der Waals surface area contributed by atoms with E-state index in [-0.39, 0.29) is 11.3 Å². The fourth-order valence-corrected chi connectivity index (χ4v) is 1.44. The summed E-state index contributed by atoms with van der Waals surface area (Å²) in [5.74, 6) is 0.526. The number of Topliss-reactive ketones (excluding diaryl/α,β-unsaturated/α-hetero) is 1. The number of hydrogen-bond donors (Lipinski definition) is 1. The predicted molar refractivity (Wildman–Crippen MR) is 61.6 cm³/mol. The number of aromatic nitrogens is 2. The van der Waals surface area contributed by atoms with E-state index in [1.54, 1.807) is 13.2 Å². The van der Waals surface area contributed by atoms with Crippen molar-refractivity contribution in [3.63, 3.8) is 0 Å². The van der Waals surface area contributed by atoms with Crippen molar-refractivity contribution in [1.82, 2.24) is 9.78 Å². The highest BCUT2D eigenvalue weighted by molar-refractivity contribution is 5.97. The number of aryl methyl sites for hydroxylation is 1. The SMILES string of the molecule is COc1cnn(C)c1C(=O)CCC(C)(C)N. The third kappa shape index (κ3) is 3.06. The molecule has 5 nitrogen and oxygen atoms in total. The van der Waals surface area contributed by atoms with E-state index in [0.717, 1.165) is 0 Å². The minimum absolute atomic E-state index is 0.00961. The summed E-state index contributed by atoms with van der Waals surface area (Å²) in [5.41, 5.74) is 6.01. The van der Waals surface area contributed by atoms with E-state index < -0.39 is 0 Å². The zero-order valence-corrected chi connectivity index (χ0v) is 10.3. The van der Waals surface area contributed by atoms with Crippen LogP contribution in [0, 0.1) is 0 Å². The molecule has 0 spiro atoms. The smallest absolute Gasteiger partial charge is 0.184 e. The normalized spacial score (nSPS) is 11.6. The number of carbonyl (C=O) groups excluding carboxylic acids is 1. The van der Waals surface area contributed by atoms with E-state index in [4.69, 9.17) is 10.5 Å². The summed E-state index contributed by atoms with van der Waals surface area (Å²) >= 11 is 0. The van der Waals surface area contributed by atoms with Crippen LogP contribution in [-0.4, -0.2) is 28.2 Å². The Bertz CT molecular complexity index is 377. The van der Waals surface area contributed by atoms with Gasteiger partial charge in [-0.3, -0.25) is 9.48 Å². The first-order valence-electron chi connectivity index (χ1n) is 5.23. The summed E-state index contributed by atoms with van der Waals surface area (Å²) in [6.45, 7) is 3.81. The highest BCUT2D eigenvalue weighted by atomic mass is 16.5. The topological polar surface area (TPSA) is 70.1 Å². The van der Waals surface area contributed by atoms with E-state index in [2.05, 4.69) is 5.10 Å². The molecular formula is C11H19N3O2. The molecule has 0 unspecified atom stereocenters. The number of rotatable bonds is 5. The molecule has 1 heterocycles. The Morgan fingerprint density at radius 1 is 1.62 bits per heavy atom. The Morgan fingerprint density at radius 3 is 2.75 bits per heavy atom. The zero-order valence-electron chi connectivity index (χ0n) is 10.3. The number of ether oxygens (including phenoxy) is 1. The highest BCUT2D eigenvalue weighted by Gasteiger charge is 2.20. The lowest BCUT2D eigenvalue weighted by molar-refractivity contribution is 0.0960. The molecule has 0 aromatic carbocycles. The quantitative estimate of drug-likeness (QED) is 0.762. The average molecular weight is 225 g/mol. The second-order valence-electron chi connectivity index (χ2n) is 4.60. The first kappa shape index (κ1) is 12.7. The van der Waals surface area contributed by atoms with Gasteiger partial charge < -0.3 is 10.5 Å². The van der Waals surface area contributed by atoms with Crippen molar-refractivity contribution < 1.29 is 9.53 Å². The van der Waals surface area contributed by atoms with Crippen LogP contribution in [0.25, 0.3) is 0 Å². The second-order valence-corrected chi connectivity index (χ2v) is 4.60. The molecule has 0 saturated heterocycles. The largest absolute Gasteiger partial charge is 0.493 e. The maximum absolute atomic E-state index is 12.0. The van der Waals surface area contributed by atoms with Crippen LogP contribution in [0.2, 0.25) is 0 Å². The summed E-state index contributed by atoms with van der Waals surface area (Å²) in [6, 6.07) is 0. The van der Waals surface area contributed by atoms with Gasteiger partial charge in [-0.2, -0.15) is 5.10 Å². The molecule has 1 rings (SSSR count). The van der Waals surface area contributed by atoms with Crippen molar-refractivity contribution in [2.75, 3.05) is 7.11 Å². The summed E-state index contributed by atoms with van der Waals surface area (Å²) in [6.07, 6.45) is 2.58. The van der Waals surface area contributed by atoms with Crippen LogP contribution in [0.3, 0.4) is 0 Å². The molecule has 16 heavy (non-hydrogen) atoms. The van der Waals surface area contributed by atoms with Crippen molar-refractivity contribution in [2.45, 2.75) is 32.2 Å². The van der Waals surface area contributed by atoms with Gasteiger partial charge in [0.1, 0.15) is 5.69 Å². The first-order valence-corrected chi connectivity index (χ1v) is 5.23. The van der Waals surface area contributed by atoms with E-state index >= 15 is 0 Å². The van der Waals surface area contributed by atoms with Gasteiger partial charge in [-0.05, 0) is 20.3 Å². The third-order valence-electron chi connectivity index (χ3n) is 2.39. The van der Waals surface area contributed by atoms with Crippen LogP contribution in [0.1, 0.15) is 37.2 Å². The van der Waals surface area contributed by atoms with Gasteiger partial charge in [-0.1, -0.05) is 0 Å². The fourth-order valence-electron chi connectivity index (χ4n) is 1.44. The Hall–Kier alpha value is -1.36. The zero-order chi connectivity index (χ0) is 12.3. The predicted octanol–water partition coefficient (Wildman–Crippen LogP) is 1.13. The summed E-state index contributed by atoms with van der Waals surface area (Å²) < 4.78 is 6.62. The molecule has 0 atom stereocenters. The molecule has 2 N–H and O–H groups in total. The molecule has 0 fully saturated rings. The Morgan fingerprint density at radius 2 is 2.25 bits per heavy atom. The van der Waals surface area contributed by atoms with Crippen LogP contribution in [0.15, 0.2) is 6.20 Å². The lowest BCUT2D eigenvalue weighted by Gasteiger charge is -2.17. The van der Waals surface area contributed by atoms with Crippen LogP contribution in [-0.2, 0) is 7.05 Å². The maximum atomic E-state index is 12.0. The van der Waals surface area contributed by atoms with Crippen LogP contribution in [0.5, 0.6) is 5.75 Å². The summed E-state index contributed by atoms with van der Waals surface area (Å²) in [5, 5.41) is 3.99. The lowest BCUT2D eigenvalue weighted by atomic mass is 9.97. The molecule has 0 amide bonds. The molecule has 5 heteroatoms. The van der Waals surface area contributed by atoms with Gasteiger partial charge >= 0.3 is 0 Å². The lowest BCUT2D eigenvalue weighted by Crippen LogP contribution is -2.32. The van der Waals surface area contributed by atoms with Crippen LogP contribution < -0.4 is 10.5 Å². The molecular weight excluding hydrogens is 206 g/mol. The monoisotopic (exact) mass is 225 g/mol. The Balaban J connectivity index is 2.76. The number of hydrogen-bond acceptors (Lipinski definition) is 4. The minimum atomic E-state index is -0.332. The van der Waals surface area contributed by atoms with Crippen LogP contribution >= 0.6 is 0 Å². The van der Waals surface area contributed by atoms with Crippen molar-refractivity contribution in [2.24, 2.45) is 12.8 Å². The maximum Gasteiger partial charge on any atom is 0.184 e. The van der Waals surface area contributed by atoms with Gasteiger partial charge in [0.25, 0.3) is 0 Å². The van der Waals surface area contributed by atoms with E-state index in [9.17, 15) is 4.79 Å². The van der Waals surface area contributed by atoms with Gasteiger partial charge in [0.05, 0.1) is 13.3 Å². The van der Waals surface area contributed by atoms with Crippen LogP contribution in [0.4, 0.5) is 0 Å². The first-order chi connectivity index (χ1) is 7.35. The number of nitrogens with zero attached hydrogens (tertiary/aromatic N) is 2. The molecule has 1 aromatic heterocycles. The number of methoxy groups -OCH3 is 1. The second kappa shape index (κ2) is 4.65. The van der Waals surface area contributed by atoms with E-state index in [0.29, 0.717) is 24.3 Å². The van der Waals surface area contributed by atoms with Crippen molar-refractivity contribution >= 4 is 5.78 Å². The van der Waals surface area contributed by atoms with Gasteiger partial charge in [-0.15, -0.1) is 0 Å². The van der Waals surface area contributed by atoms with Gasteiger partial charge in [0.15, 0.2) is 11.5 Å². The molecule has 1 aromatic rings. The van der Waals surface area contributed by atoms with E-state index in [1.807, 2.05) is 13.8 Å². The average Bonchev–Trinajstić information content (AvgIpc) is 2.55. The number of ketones is 1. The van der Waals surface area contributed by atoms with Crippen molar-refractivity contribution in [3.05, 3.63) is 11.9 Å². The molecule has 0 saturated carbocycles. The number of carbonyl (C=O) groups is 1. The Labute approximate surface area is 95.6 Å². The van der Waals surface area contributed by atoms with E-state index in [1.165, 1.54) is 11.8 Å². The Kier molecular flexibility index (Phi) is 3.70. The van der Waals surface area contributed by atoms with Gasteiger partial charge in [-0.25, -0.2) is 0 Å². The number of nitrogens with two attached hydrogens (primary N) is 1. The summed E-state index contributed by atoms with van der Waals surface area (Å²) in [4.78, 5) is 12.0. The minimum Gasteiger partial charge on any atom is -0.493 e. The van der Waals surface area contributed by atoms with Crippen molar-refractivity contribution in [1.29, 1.82) is 0 Å². The van der Waals surface area contributed by atoms with Crippen molar-refractivity contribution in [3.8, 4) is 5.75 Å². The summed E-state index contributed by atoms with van der Waals surface area (Å²) in [7, 11) is 3.25. The highest BCUT2D eigenvalue weighted by Crippen LogP contribution is 2.20. The molecule has 0 bridgehead atoms. The van der Waals surface area contributed by atoms with Gasteiger partial charge in [0, 0.05) is 19.0 Å². The molecule has 0 aliphatic carbocycles. The van der Waals surface area contributed by atoms with Gasteiger partial charge in [0.2, 0.25) is 0 Å². The molecule has 0 aliphatic rings. The standard InChI is InChI=1S/C11H19N3O2/c1-11(2,12)6-5-8(15)10-9(16-4)7-13-14(10)3/h7H,5-6,12H2,1-4H3. The fraction of sp³-hybridized carbons (Fsp3) is 0.636.